The number of amides is 5. The summed E-state index contributed by atoms with van der Waals surface area (Å²) in [5.74, 6) is -3.96. The molecule has 1 aromatic carbocycles. The fourth-order valence-electron chi connectivity index (χ4n) is 7.85. The molecule has 1 aromatic heterocycles. The molecule has 0 unspecified atom stereocenters. The Morgan fingerprint density at radius 2 is 1.52 bits per heavy atom. The van der Waals surface area contributed by atoms with E-state index in [2.05, 4.69) is 31.2 Å². The quantitative estimate of drug-likeness (QED) is 0.0436. The molecule has 18 nitrogen and oxygen atoms in total. The summed E-state index contributed by atoms with van der Waals surface area (Å²) in [6.07, 6.45) is 9.65. The molecule has 320 valence electrons. The second kappa shape index (κ2) is 22.6. The van der Waals surface area contributed by atoms with Gasteiger partial charge in [-0.3, -0.25) is 29.0 Å². The first-order valence-electron chi connectivity index (χ1n) is 20.6. The second-order valence-electron chi connectivity index (χ2n) is 15.6. The fourth-order valence-corrected chi connectivity index (χ4v) is 7.85. The molecule has 0 bridgehead atoms. The number of aromatic nitrogens is 1. The van der Waals surface area contributed by atoms with E-state index in [1.54, 1.807) is 6.20 Å². The lowest BCUT2D eigenvalue weighted by molar-refractivity contribution is -0.143. The van der Waals surface area contributed by atoms with Gasteiger partial charge in [0.1, 0.15) is 30.2 Å². The number of carbonyl (C=O) groups is 6. The number of para-hydroxylation sites is 1. The lowest BCUT2D eigenvalue weighted by atomic mass is 9.84. The number of aliphatic carboxylic acids is 1. The summed E-state index contributed by atoms with van der Waals surface area (Å²) in [6, 6.07) is 1.29. The van der Waals surface area contributed by atoms with Crippen LogP contribution in [-0.4, -0.2) is 112 Å². The second-order valence-corrected chi connectivity index (χ2v) is 15.6. The molecule has 1 saturated carbocycles. The first-order valence-corrected chi connectivity index (χ1v) is 20.6. The van der Waals surface area contributed by atoms with E-state index in [1.165, 1.54) is 11.8 Å². The van der Waals surface area contributed by atoms with Crippen LogP contribution in [0.2, 0.25) is 0 Å². The zero-order valence-corrected chi connectivity index (χ0v) is 33.5. The molecule has 5 amide bonds. The number of nitrogens with one attached hydrogen (secondary N) is 5. The van der Waals surface area contributed by atoms with E-state index in [0.717, 1.165) is 48.6 Å². The van der Waals surface area contributed by atoms with Gasteiger partial charge in [-0.15, -0.1) is 0 Å². The summed E-state index contributed by atoms with van der Waals surface area (Å²) in [6.45, 7) is 2.41. The van der Waals surface area contributed by atoms with E-state index in [4.69, 9.17) is 22.9 Å². The fraction of sp³-hybridized carbons (Fsp3) is 0.625. The van der Waals surface area contributed by atoms with E-state index in [-0.39, 0.29) is 37.7 Å². The van der Waals surface area contributed by atoms with E-state index in [9.17, 15) is 33.9 Å². The van der Waals surface area contributed by atoms with Crippen LogP contribution < -0.4 is 44.2 Å². The van der Waals surface area contributed by atoms with Crippen molar-refractivity contribution in [2.24, 2.45) is 33.8 Å². The summed E-state index contributed by atoms with van der Waals surface area (Å²) in [4.78, 5) is 89.8. The number of H-pyrrole nitrogens is 1. The molecule has 2 heterocycles. The number of benzene rings is 1. The number of hydrogen-bond acceptors (Lipinski definition) is 9. The van der Waals surface area contributed by atoms with Crippen LogP contribution >= 0.6 is 0 Å². The van der Waals surface area contributed by atoms with Gasteiger partial charge >= 0.3 is 5.97 Å². The number of hydrogen-bond donors (Lipinski definition) is 10. The highest BCUT2D eigenvalue weighted by Gasteiger charge is 2.40. The van der Waals surface area contributed by atoms with E-state index >= 15 is 0 Å². The maximum atomic E-state index is 14.4. The zero-order chi connectivity index (χ0) is 42.2. The number of aliphatic imine (C=N–C) groups is 1. The first kappa shape index (κ1) is 45.5. The number of carbonyl (C=O) groups excluding carboxylic acids is 5. The lowest BCUT2D eigenvalue weighted by Crippen LogP contribution is -2.59. The van der Waals surface area contributed by atoms with Gasteiger partial charge in [-0.2, -0.15) is 0 Å². The Kier molecular flexibility index (Phi) is 17.8. The molecule has 2 fully saturated rings. The van der Waals surface area contributed by atoms with E-state index in [1.807, 2.05) is 24.3 Å². The summed E-state index contributed by atoms with van der Waals surface area (Å²) in [7, 11) is 0. The summed E-state index contributed by atoms with van der Waals surface area (Å²) < 4.78 is 0. The predicted octanol–water partition coefficient (Wildman–Crippen LogP) is 0.225. The molecule has 2 aromatic rings. The van der Waals surface area contributed by atoms with Gasteiger partial charge in [0.25, 0.3) is 0 Å². The smallest absolute Gasteiger partial charge is 0.326 e. The molecule has 4 rings (SSSR count). The maximum Gasteiger partial charge on any atom is 0.326 e. The van der Waals surface area contributed by atoms with Crippen molar-refractivity contribution in [2.75, 3.05) is 19.6 Å². The molecular formula is C40H63N11O7. The number of fused-ring (bicyclic) bond motifs is 1. The topological polar surface area (TPSA) is 306 Å². The highest BCUT2D eigenvalue weighted by atomic mass is 16.4. The number of likely N-dealkylation sites (tertiary alicyclic amines) is 1. The van der Waals surface area contributed by atoms with Gasteiger partial charge in [-0.1, -0.05) is 50.3 Å². The maximum absolute atomic E-state index is 14.4. The highest BCUT2D eigenvalue weighted by molar-refractivity contribution is 5.97. The third-order valence-corrected chi connectivity index (χ3v) is 11.0. The van der Waals surface area contributed by atoms with Gasteiger partial charge in [-0.25, -0.2) is 4.79 Å². The number of nitrogens with two attached hydrogens (primary N) is 4. The van der Waals surface area contributed by atoms with Gasteiger partial charge in [0.05, 0.1) is 6.04 Å². The Labute approximate surface area is 339 Å². The van der Waals surface area contributed by atoms with Crippen molar-refractivity contribution in [3.8, 4) is 0 Å². The van der Waals surface area contributed by atoms with Crippen LogP contribution in [0.15, 0.2) is 35.5 Å². The minimum Gasteiger partial charge on any atom is -0.480 e. The Balaban J connectivity index is 1.57. The summed E-state index contributed by atoms with van der Waals surface area (Å²) in [5.41, 5.74) is 23.8. The van der Waals surface area contributed by atoms with Crippen LogP contribution in [0, 0.1) is 5.92 Å². The van der Waals surface area contributed by atoms with Crippen molar-refractivity contribution in [2.45, 2.75) is 133 Å². The zero-order valence-electron chi connectivity index (χ0n) is 33.5. The number of guanidine groups is 1. The molecule has 6 atom stereocenters. The average molecular weight is 810 g/mol. The number of aromatic amines is 1. The Morgan fingerprint density at radius 1 is 0.845 bits per heavy atom. The Hall–Kier alpha value is -5.23. The number of carboxylic acid groups (broad SMARTS) is 1. The number of nitrogens with zero attached hydrogens (tertiary/aromatic N) is 2. The monoisotopic (exact) mass is 809 g/mol. The van der Waals surface area contributed by atoms with Gasteiger partial charge in [-0.05, 0) is 82.4 Å². The standard InChI is InChI=1S/C40H63N11O7/c1-24(42)34(52)47-29(15-7-8-18-41)38(56)51-20-10-17-33(51)37(55)50-31(21-25-11-3-2-4-12-25)35(53)49-32(22-26-23-46-28-14-6-5-13-27(26)28)36(54)48-30(39(57)58)16-9-19-45-40(43)44/h5-6,13-14,23-25,29-33,46H,2-4,7-12,15-22,41-42H2,1H3,(H,47,52)(H,48,54)(H,49,53)(H,50,55)(H,57,58)(H4,43,44,45)/t24-,29-,30+,31+,32-,33-/m0/s1. The number of carboxylic acids is 1. The Bertz CT molecular complexity index is 1740. The van der Waals surface area contributed by atoms with Gasteiger partial charge in [0.15, 0.2) is 5.96 Å². The van der Waals surface area contributed by atoms with Crippen molar-refractivity contribution in [3.63, 3.8) is 0 Å². The molecule has 2 aliphatic rings. The van der Waals surface area contributed by atoms with Crippen molar-refractivity contribution in [3.05, 3.63) is 36.0 Å². The minimum atomic E-state index is -1.29. The number of rotatable bonds is 22. The minimum absolute atomic E-state index is 0.0234. The van der Waals surface area contributed by atoms with Crippen LogP contribution in [0.5, 0.6) is 0 Å². The highest BCUT2D eigenvalue weighted by Crippen LogP contribution is 2.28. The van der Waals surface area contributed by atoms with E-state index < -0.39 is 71.8 Å². The van der Waals surface area contributed by atoms with Crippen LogP contribution in [0.4, 0.5) is 0 Å². The molecule has 0 spiro atoms. The molecule has 1 aliphatic heterocycles. The predicted molar refractivity (Wildman–Crippen MR) is 220 cm³/mol. The molecule has 1 saturated heterocycles. The Morgan fingerprint density at radius 3 is 2.21 bits per heavy atom. The third-order valence-electron chi connectivity index (χ3n) is 11.0. The molecule has 14 N–H and O–H groups in total. The van der Waals surface area contributed by atoms with Gasteiger partial charge < -0.3 is 59.2 Å². The first-order chi connectivity index (χ1) is 27.8. The van der Waals surface area contributed by atoms with Gasteiger partial charge in [0.2, 0.25) is 29.5 Å². The molecule has 0 radical (unpaired) electrons. The molecule has 58 heavy (non-hydrogen) atoms. The third kappa shape index (κ3) is 13.4. The SMILES string of the molecule is C[C@H](N)C(=O)N[C@@H](CCCCN)C(=O)N1CCC[C@H]1C(=O)N[C@H](CC1CCCCC1)C(=O)N[C@@H](Cc1c[nH]c2ccccc12)C(=O)N[C@H](CCCN=C(N)N)C(=O)O. The number of unbranched alkanes of at least 4 members (excludes halogenated alkanes) is 1. The van der Waals surface area contributed by atoms with Crippen LogP contribution in [0.25, 0.3) is 10.9 Å². The molecular weight excluding hydrogens is 747 g/mol. The summed E-state index contributed by atoms with van der Waals surface area (Å²) in [5, 5.41) is 22.0. The van der Waals surface area contributed by atoms with Crippen LogP contribution in [-0.2, 0) is 35.2 Å². The lowest BCUT2D eigenvalue weighted by Gasteiger charge is -2.32. The molecule has 18 heteroatoms. The van der Waals surface area contributed by atoms with Crippen molar-refractivity contribution in [1.82, 2.24) is 31.2 Å². The van der Waals surface area contributed by atoms with E-state index in [0.29, 0.717) is 51.6 Å². The van der Waals surface area contributed by atoms with Crippen molar-refractivity contribution < 1.29 is 33.9 Å². The van der Waals surface area contributed by atoms with Crippen molar-refractivity contribution >= 4 is 52.4 Å². The molecule has 1 aliphatic carbocycles. The van der Waals surface area contributed by atoms with Crippen LogP contribution in [0.3, 0.4) is 0 Å². The normalized spacial score (nSPS) is 18.3. The average Bonchev–Trinajstić information content (AvgIpc) is 3.86. The largest absolute Gasteiger partial charge is 0.480 e. The van der Waals surface area contributed by atoms with Crippen LogP contribution in [0.1, 0.15) is 96.0 Å². The van der Waals surface area contributed by atoms with Gasteiger partial charge in [0, 0.05) is 36.6 Å². The van der Waals surface area contributed by atoms with Crippen molar-refractivity contribution in [1.29, 1.82) is 0 Å². The summed E-state index contributed by atoms with van der Waals surface area (Å²) >= 11 is 0.